The third-order valence-electron chi connectivity index (χ3n) is 13.9. The van der Waals surface area contributed by atoms with Crippen LogP contribution in [0.2, 0.25) is 0 Å². The first-order valence-electron chi connectivity index (χ1n) is 29.7. The number of hydrogen-bond acceptors (Lipinski definition) is 2. The van der Waals surface area contributed by atoms with E-state index in [1.165, 1.54) is 11.1 Å². The van der Waals surface area contributed by atoms with E-state index in [0.29, 0.717) is 37.7 Å². The number of fused-ring (bicyclic) bond motifs is 7. The van der Waals surface area contributed by atoms with E-state index < -0.39 is 60.4 Å². The Hall–Kier alpha value is -8.31. The number of rotatable bonds is 8. The molecule has 0 atom stereocenters. The molecule has 0 fully saturated rings. The van der Waals surface area contributed by atoms with Crippen LogP contribution in [0, 0.1) is 15.9 Å². The fraction of sp³-hybridized carbons (Fsp3) is 0.118. The van der Waals surface area contributed by atoms with Gasteiger partial charge in [-0.05, 0) is 22.0 Å². The first-order chi connectivity index (χ1) is 40.5. The molecular weight excluding hydrogens is 1100 g/mol. The van der Waals surface area contributed by atoms with Crippen LogP contribution in [0.15, 0.2) is 212 Å². The van der Waals surface area contributed by atoms with Crippen molar-refractivity contribution in [3.63, 3.8) is 0 Å². The van der Waals surface area contributed by atoms with Gasteiger partial charge in [0.15, 0.2) is 0 Å². The summed E-state index contributed by atoms with van der Waals surface area (Å²) >= 11 is 2.19. The van der Waals surface area contributed by atoms with Crippen LogP contribution in [-0.2, 0) is 30.2 Å². The van der Waals surface area contributed by atoms with Crippen molar-refractivity contribution >= 4 is 54.6 Å². The SMILES string of the molecule is [2H]c1c([2H])c([2H])c(-c2cc(-n3c4ccccc4c4ccccc43)cc(-c3c([2H])c([2H])c([2H])c([2H])c3[2H])c2-n2[c](=[Pt])n(-c3[c-]c(Oc4[c-]c5c(cc4)c4ccccc4n5-c4cc(C(C)(C)C)c(C(C)(C)C)cn4)ccc3)c3ccccc32)c([2H])c1[2H]. The molecule has 13 aromatic rings. The normalized spacial score (nSPS) is 14.1. The molecular formula is C68H53N5OPt-2. The molecule has 0 aliphatic rings. The second kappa shape index (κ2) is 18.0. The molecule has 0 spiro atoms. The number of ether oxygens (including phenoxy) is 1. The Balaban J connectivity index is 1.05. The summed E-state index contributed by atoms with van der Waals surface area (Å²) in [6.07, 6.45) is 2.00. The summed E-state index contributed by atoms with van der Waals surface area (Å²) in [5.41, 5.74) is 7.80. The van der Waals surface area contributed by atoms with E-state index in [0.717, 1.165) is 49.4 Å². The monoisotopic (exact) mass is 1160 g/mol. The predicted molar refractivity (Wildman–Crippen MR) is 305 cm³/mol. The van der Waals surface area contributed by atoms with Gasteiger partial charge in [-0.3, -0.25) is 0 Å². The van der Waals surface area contributed by atoms with Gasteiger partial charge in [-0.25, -0.2) is 0 Å². The van der Waals surface area contributed by atoms with Gasteiger partial charge >= 0.3 is 382 Å². The Morgan fingerprint density at radius 1 is 0.480 bits per heavy atom. The molecule has 0 amide bonds. The standard InChI is InChI=1S/C68H53N5O.Pt/c1-67(2,3)57-42-65(69-43-58(57)68(4,5)6)73-61-33-18-15-30-53(61)54-37-36-50(41-64(54)73)74-49-27-21-26-47(38-49)70-44-71(63-35-20-19-34-62(63)70)66-55(45-22-9-7-10-23-45)39-48(40-56(66)46-24-11-8-12-25-46)72-59-31-16-13-28-51(59)52-29-14-17-32-60(52)72;/h7-37,39-40,42-43H,1-6H3;/q-2;/i7D,8D,9D,10D,11D,12D,22D,23D,24D,25D;. The van der Waals surface area contributed by atoms with E-state index in [9.17, 15) is 5.48 Å². The van der Waals surface area contributed by atoms with Crippen LogP contribution in [0.4, 0.5) is 0 Å². The molecule has 13 rings (SSSR count). The molecule has 368 valence electrons. The fourth-order valence-electron chi connectivity index (χ4n) is 10.6. The molecule has 0 unspecified atom stereocenters. The van der Waals surface area contributed by atoms with E-state index in [1.54, 1.807) is 12.1 Å². The third kappa shape index (κ3) is 7.90. The summed E-state index contributed by atoms with van der Waals surface area (Å²) in [6, 6.07) is 48.4. The van der Waals surface area contributed by atoms with E-state index in [1.807, 2.05) is 135 Å². The van der Waals surface area contributed by atoms with Crippen molar-refractivity contribution in [2.75, 3.05) is 0 Å². The van der Waals surface area contributed by atoms with Gasteiger partial charge in [0.1, 0.15) is 0 Å². The van der Waals surface area contributed by atoms with Crippen LogP contribution >= 0.6 is 0 Å². The maximum absolute atomic E-state index is 9.57. The molecule has 0 radical (unpaired) electrons. The van der Waals surface area contributed by atoms with Crippen molar-refractivity contribution in [3.8, 4) is 56.6 Å². The number of imidazole rings is 1. The quantitative estimate of drug-likeness (QED) is 0.142. The summed E-state index contributed by atoms with van der Waals surface area (Å²) in [6.45, 7) is 13.3. The van der Waals surface area contributed by atoms with Gasteiger partial charge in [-0.2, -0.15) is 0 Å². The van der Waals surface area contributed by atoms with Crippen LogP contribution in [-0.4, -0.2) is 23.3 Å². The molecule has 0 aliphatic carbocycles. The van der Waals surface area contributed by atoms with Gasteiger partial charge in [0.2, 0.25) is 0 Å². The number of aromatic nitrogens is 5. The molecule has 0 saturated heterocycles. The van der Waals surface area contributed by atoms with Crippen LogP contribution in [0.25, 0.3) is 99.8 Å². The van der Waals surface area contributed by atoms with E-state index in [4.69, 9.17) is 17.9 Å². The maximum atomic E-state index is 9.57. The Kier molecular flexibility index (Phi) is 8.76. The van der Waals surface area contributed by atoms with Crippen LogP contribution < -0.4 is 4.74 Å². The van der Waals surface area contributed by atoms with E-state index in [-0.39, 0.29) is 38.8 Å². The zero-order valence-electron chi connectivity index (χ0n) is 51.9. The summed E-state index contributed by atoms with van der Waals surface area (Å²) in [4.78, 5) is 5.10. The average Bonchev–Trinajstić information content (AvgIpc) is 1.79. The Morgan fingerprint density at radius 2 is 0.987 bits per heavy atom. The topological polar surface area (TPSA) is 41.8 Å². The molecule has 0 N–H and O–H groups in total. The number of hydrogen-bond donors (Lipinski definition) is 0. The van der Waals surface area contributed by atoms with Crippen molar-refractivity contribution < 1.29 is 37.8 Å². The molecule has 0 aliphatic heterocycles. The van der Waals surface area contributed by atoms with E-state index in [2.05, 4.69) is 95.8 Å². The molecule has 0 saturated carbocycles. The van der Waals surface area contributed by atoms with Crippen molar-refractivity contribution in [3.05, 3.63) is 239 Å². The van der Waals surface area contributed by atoms with Crippen molar-refractivity contribution in [2.45, 2.75) is 52.4 Å². The van der Waals surface area contributed by atoms with Gasteiger partial charge in [0, 0.05) is 6.20 Å². The minimum atomic E-state index is -0.584. The molecule has 4 aromatic heterocycles. The second-order valence-corrected chi connectivity index (χ2v) is 21.7. The van der Waals surface area contributed by atoms with Crippen LogP contribution in [0.3, 0.4) is 0 Å². The van der Waals surface area contributed by atoms with Gasteiger partial charge in [0.25, 0.3) is 0 Å². The summed E-state index contributed by atoms with van der Waals surface area (Å²) in [5, 5.41) is 3.86. The Bertz CT molecular complexity index is 4860. The molecule has 0 bridgehead atoms. The van der Waals surface area contributed by atoms with Crippen molar-refractivity contribution in [1.29, 1.82) is 0 Å². The summed E-state index contributed by atoms with van der Waals surface area (Å²) in [7, 11) is 0. The first-order valence-corrected chi connectivity index (χ1v) is 25.9. The Morgan fingerprint density at radius 3 is 1.56 bits per heavy atom. The molecule has 4 heterocycles. The minimum absolute atomic E-state index is 0.132. The number of pyridine rings is 1. The second-order valence-electron chi connectivity index (χ2n) is 20.7. The van der Waals surface area contributed by atoms with Crippen LogP contribution in [0.5, 0.6) is 11.5 Å². The van der Waals surface area contributed by atoms with E-state index >= 15 is 0 Å². The number of nitrogens with zero attached hydrogens (tertiary/aromatic N) is 5. The molecule has 7 heteroatoms. The van der Waals surface area contributed by atoms with Gasteiger partial charge in [0.05, 0.1) is 0 Å². The van der Waals surface area contributed by atoms with Crippen molar-refractivity contribution in [1.82, 2.24) is 23.3 Å². The van der Waals surface area contributed by atoms with Gasteiger partial charge in [-0.1, -0.05) is 53.7 Å². The molecule has 75 heavy (non-hydrogen) atoms. The van der Waals surface area contributed by atoms with Gasteiger partial charge < -0.3 is 0 Å². The Labute approximate surface area is 461 Å². The summed E-state index contributed by atoms with van der Waals surface area (Å²) < 4.78 is 107. The van der Waals surface area contributed by atoms with Crippen LogP contribution in [0.1, 0.15) is 66.4 Å². The van der Waals surface area contributed by atoms with Gasteiger partial charge in [-0.15, -0.1) is 0 Å². The predicted octanol–water partition coefficient (Wildman–Crippen LogP) is 17.4. The number of para-hydroxylation sites is 5. The summed E-state index contributed by atoms with van der Waals surface area (Å²) in [5.74, 6) is 1.57. The zero-order chi connectivity index (χ0) is 59.9. The molecule has 9 aromatic carbocycles. The van der Waals surface area contributed by atoms with Crippen molar-refractivity contribution in [2.24, 2.45) is 0 Å². The number of benzene rings is 9. The average molecular weight is 1160 g/mol. The molecule has 6 nitrogen and oxygen atoms in total. The third-order valence-corrected chi connectivity index (χ3v) is 14.9. The first kappa shape index (κ1) is 36.6. The fourth-order valence-corrected chi connectivity index (χ4v) is 11.7. The zero-order valence-corrected chi connectivity index (χ0v) is 44.2.